The van der Waals surface area contributed by atoms with E-state index in [0.717, 1.165) is 76.1 Å². The summed E-state index contributed by atoms with van der Waals surface area (Å²) in [4.78, 5) is 26.1. The number of ether oxygens (including phenoxy) is 1. The van der Waals surface area contributed by atoms with Gasteiger partial charge in [0.05, 0.1) is 13.2 Å². The Morgan fingerprint density at radius 3 is 2.15 bits per heavy atom. The van der Waals surface area contributed by atoms with Crippen molar-refractivity contribution in [3.8, 4) is 0 Å². The number of carbonyl (C=O) groups is 2. The van der Waals surface area contributed by atoms with Gasteiger partial charge in [0.25, 0.3) is 0 Å². The maximum Gasteiger partial charge on any atom is 0.162 e. The number of benzene rings is 2. The normalized spacial score (nSPS) is 14.3. The zero-order valence-electron chi connectivity index (χ0n) is 19.6. The van der Waals surface area contributed by atoms with Gasteiger partial charge in [-0.05, 0) is 60.9 Å². The molecule has 1 fully saturated rings. The second-order valence-electron chi connectivity index (χ2n) is 8.99. The van der Waals surface area contributed by atoms with Crippen LogP contribution in [-0.4, -0.2) is 61.0 Å². The molecule has 0 amide bonds. The molecule has 1 aliphatic heterocycles. The minimum atomic E-state index is -0.397. The number of nitrogens with zero attached hydrogens (tertiary/aromatic N) is 1. The van der Waals surface area contributed by atoms with Gasteiger partial charge in [0, 0.05) is 32.4 Å². The quantitative estimate of drug-likeness (QED) is 0.445. The molecule has 1 saturated heterocycles. The van der Waals surface area contributed by atoms with Gasteiger partial charge >= 0.3 is 0 Å². The van der Waals surface area contributed by atoms with Crippen LogP contribution in [0.5, 0.6) is 0 Å². The van der Waals surface area contributed by atoms with Crippen molar-refractivity contribution in [1.29, 1.82) is 0 Å². The third-order valence-electron chi connectivity index (χ3n) is 6.21. The molecular weight excluding hydrogens is 414 g/mol. The van der Waals surface area contributed by atoms with Crippen molar-refractivity contribution in [3.05, 3.63) is 70.8 Å². The number of rotatable bonds is 14. The fourth-order valence-electron chi connectivity index (χ4n) is 4.30. The van der Waals surface area contributed by atoms with Gasteiger partial charge in [-0.15, -0.1) is 0 Å². The van der Waals surface area contributed by atoms with Crippen molar-refractivity contribution in [2.24, 2.45) is 0 Å². The van der Waals surface area contributed by atoms with Crippen molar-refractivity contribution in [2.75, 3.05) is 39.5 Å². The van der Waals surface area contributed by atoms with Gasteiger partial charge in [-0.2, -0.15) is 0 Å². The summed E-state index contributed by atoms with van der Waals surface area (Å²) in [6, 6.07) is 16.6. The van der Waals surface area contributed by atoms with Crippen molar-refractivity contribution >= 4 is 11.6 Å². The van der Waals surface area contributed by atoms with Gasteiger partial charge in [-0.3, -0.25) is 14.5 Å². The maximum atomic E-state index is 12.4. The van der Waals surface area contributed by atoms with E-state index in [1.165, 1.54) is 11.1 Å². The Bertz CT molecular complexity index is 872. The summed E-state index contributed by atoms with van der Waals surface area (Å²) in [5, 5.41) is 8.86. The van der Waals surface area contributed by atoms with Crippen LogP contribution in [0, 0.1) is 0 Å². The predicted octanol–water partition coefficient (Wildman–Crippen LogP) is 3.58. The fourth-order valence-corrected chi connectivity index (χ4v) is 4.30. The van der Waals surface area contributed by atoms with E-state index in [4.69, 9.17) is 9.84 Å². The van der Waals surface area contributed by atoms with Crippen LogP contribution in [0.3, 0.4) is 0 Å². The number of hydrogen-bond donors (Lipinski definition) is 1. The molecule has 1 aliphatic rings. The zero-order valence-corrected chi connectivity index (χ0v) is 19.6. The molecule has 178 valence electrons. The molecule has 1 heterocycles. The molecule has 0 bridgehead atoms. The SMILES string of the molecule is O=C(CO)Cc1ccc(CCCCc2cccc(CC(=O)CCCN3CCOCC3)c2)cc1. The lowest BCUT2D eigenvalue weighted by Crippen LogP contribution is -2.37. The number of carbonyl (C=O) groups excluding carboxylic acids is 2. The molecule has 33 heavy (non-hydrogen) atoms. The highest BCUT2D eigenvalue weighted by atomic mass is 16.5. The van der Waals surface area contributed by atoms with Crippen LogP contribution < -0.4 is 0 Å². The Morgan fingerprint density at radius 2 is 1.42 bits per heavy atom. The van der Waals surface area contributed by atoms with E-state index in [1.54, 1.807) is 0 Å². The predicted molar refractivity (Wildman–Crippen MR) is 131 cm³/mol. The highest BCUT2D eigenvalue weighted by molar-refractivity contribution is 5.81. The lowest BCUT2D eigenvalue weighted by Gasteiger charge is -2.26. The monoisotopic (exact) mass is 451 g/mol. The van der Waals surface area contributed by atoms with Crippen molar-refractivity contribution < 1.29 is 19.4 Å². The minimum Gasteiger partial charge on any atom is -0.389 e. The largest absolute Gasteiger partial charge is 0.389 e. The number of aliphatic hydroxyl groups is 1. The first kappa shape index (κ1) is 25.3. The van der Waals surface area contributed by atoms with Crippen molar-refractivity contribution in [1.82, 2.24) is 4.90 Å². The zero-order chi connectivity index (χ0) is 23.3. The van der Waals surface area contributed by atoms with Crippen LogP contribution in [-0.2, 0) is 40.0 Å². The Hall–Kier alpha value is -2.34. The van der Waals surface area contributed by atoms with E-state index < -0.39 is 6.61 Å². The van der Waals surface area contributed by atoms with Crippen LogP contribution in [0.15, 0.2) is 48.5 Å². The molecule has 0 atom stereocenters. The van der Waals surface area contributed by atoms with Gasteiger partial charge in [0.15, 0.2) is 5.78 Å². The van der Waals surface area contributed by atoms with Gasteiger partial charge < -0.3 is 9.84 Å². The second-order valence-corrected chi connectivity index (χ2v) is 8.99. The van der Waals surface area contributed by atoms with Gasteiger partial charge in [0.2, 0.25) is 0 Å². The summed E-state index contributed by atoms with van der Waals surface area (Å²) in [5.41, 5.74) is 4.64. The molecule has 0 saturated carbocycles. The van der Waals surface area contributed by atoms with Gasteiger partial charge in [-0.1, -0.05) is 48.5 Å². The summed E-state index contributed by atoms with van der Waals surface area (Å²) < 4.78 is 5.37. The number of hydrogen-bond acceptors (Lipinski definition) is 5. The number of morpholine rings is 1. The molecule has 2 aromatic rings. The summed E-state index contributed by atoms with van der Waals surface area (Å²) in [6.45, 7) is 4.16. The van der Waals surface area contributed by atoms with Crippen LogP contribution in [0.25, 0.3) is 0 Å². The first-order valence-electron chi connectivity index (χ1n) is 12.2. The molecule has 1 N–H and O–H groups in total. The molecule has 5 heteroatoms. The lowest BCUT2D eigenvalue weighted by atomic mass is 9.99. The summed E-state index contributed by atoms with van der Waals surface area (Å²) in [7, 11) is 0. The standard InChI is InChI=1S/C28H37NO4/c30-22-28(32)20-25-12-10-23(11-13-25)5-1-2-6-24-7-3-8-26(19-24)21-27(31)9-4-14-29-15-17-33-18-16-29/h3,7-8,10-13,19,30H,1-2,4-6,9,14-18,20-22H2. The molecule has 0 aromatic heterocycles. The highest BCUT2D eigenvalue weighted by Crippen LogP contribution is 2.14. The summed E-state index contributed by atoms with van der Waals surface area (Å²) >= 11 is 0. The third kappa shape index (κ3) is 9.58. The Kier molecular flexibility index (Phi) is 10.8. The topological polar surface area (TPSA) is 66.8 Å². The molecule has 2 aromatic carbocycles. The number of aliphatic hydroxyl groups excluding tert-OH is 1. The average molecular weight is 452 g/mol. The van der Waals surface area contributed by atoms with Crippen LogP contribution in [0.4, 0.5) is 0 Å². The van der Waals surface area contributed by atoms with Crippen molar-refractivity contribution in [3.63, 3.8) is 0 Å². The van der Waals surface area contributed by atoms with E-state index in [-0.39, 0.29) is 5.78 Å². The molecule has 0 spiro atoms. The molecule has 0 aliphatic carbocycles. The van der Waals surface area contributed by atoms with Crippen LogP contribution in [0.2, 0.25) is 0 Å². The Balaban J connectivity index is 1.33. The number of aryl methyl sites for hydroxylation is 2. The molecule has 0 unspecified atom stereocenters. The fraction of sp³-hybridized carbons (Fsp3) is 0.500. The smallest absolute Gasteiger partial charge is 0.162 e. The molecule has 0 radical (unpaired) electrons. The van der Waals surface area contributed by atoms with E-state index in [9.17, 15) is 9.59 Å². The average Bonchev–Trinajstić information content (AvgIpc) is 2.83. The second kappa shape index (κ2) is 14.0. The highest BCUT2D eigenvalue weighted by Gasteiger charge is 2.11. The molecule has 5 nitrogen and oxygen atoms in total. The lowest BCUT2D eigenvalue weighted by molar-refractivity contribution is -0.121. The Labute approximate surface area is 197 Å². The first-order chi connectivity index (χ1) is 16.1. The van der Waals surface area contributed by atoms with Gasteiger partial charge in [-0.25, -0.2) is 0 Å². The number of Topliss-reactive ketones (excluding diaryl/α,β-unsaturated/α-hetero) is 2. The van der Waals surface area contributed by atoms with E-state index in [0.29, 0.717) is 25.0 Å². The number of ketones is 2. The first-order valence-corrected chi connectivity index (χ1v) is 12.2. The van der Waals surface area contributed by atoms with E-state index in [2.05, 4.69) is 41.3 Å². The van der Waals surface area contributed by atoms with Gasteiger partial charge in [0.1, 0.15) is 12.4 Å². The minimum absolute atomic E-state index is 0.153. The summed E-state index contributed by atoms with van der Waals surface area (Å²) in [5.74, 6) is 0.171. The Morgan fingerprint density at radius 1 is 0.788 bits per heavy atom. The summed E-state index contributed by atoms with van der Waals surface area (Å²) in [6.07, 6.45) is 6.62. The third-order valence-corrected chi connectivity index (χ3v) is 6.21. The van der Waals surface area contributed by atoms with Crippen molar-refractivity contribution in [2.45, 2.75) is 51.4 Å². The number of unbranched alkanes of at least 4 members (excludes halogenated alkanes) is 1. The van der Waals surface area contributed by atoms with E-state index in [1.807, 2.05) is 12.1 Å². The van der Waals surface area contributed by atoms with Crippen LogP contribution in [0.1, 0.15) is 47.9 Å². The molecular formula is C28H37NO4. The maximum absolute atomic E-state index is 12.4. The van der Waals surface area contributed by atoms with E-state index >= 15 is 0 Å². The molecule has 3 rings (SSSR count). The van der Waals surface area contributed by atoms with Crippen LogP contribution >= 0.6 is 0 Å².